The van der Waals surface area contributed by atoms with E-state index in [0.29, 0.717) is 22.7 Å². The maximum atomic E-state index is 12.3. The number of sulfonamides is 1. The Labute approximate surface area is 122 Å². The molecule has 0 aliphatic carbocycles. The van der Waals surface area contributed by atoms with Gasteiger partial charge in [0.1, 0.15) is 0 Å². The van der Waals surface area contributed by atoms with E-state index in [4.69, 9.17) is 15.2 Å². The molecule has 0 amide bonds. The first-order chi connectivity index (χ1) is 10.0. The molecule has 2 aromatic rings. The first kappa shape index (κ1) is 15.1. The van der Waals surface area contributed by atoms with Gasteiger partial charge in [0.15, 0.2) is 11.5 Å². The van der Waals surface area contributed by atoms with Crippen molar-refractivity contribution in [2.45, 2.75) is 11.4 Å². The van der Waals surface area contributed by atoms with Crippen LogP contribution < -0.4 is 19.9 Å². The smallest absolute Gasteiger partial charge is 0.262 e. The van der Waals surface area contributed by atoms with Crippen LogP contribution in [-0.4, -0.2) is 32.8 Å². The monoisotopic (exact) mass is 312 g/mol. The van der Waals surface area contributed by atoms with Gasteiger partial charge in [-0.2, -0.15) is 5.10 Å². The molecule has 114 valence electrons. The summed E-state index contributed by atoms with van der Waals surface area (Å²) in [4.78, 5) is 0.0294. The maximum absolute atomic E-state index is 12.3. The van der Waals surface area contributed by atoms with Gasteiger partial charge in [-0.1, -0.05) is 0 Å². The van der Waals surface area contributed by atoms with Crippen LogP contribution in [0.3, 0.4) is 0 Å². The van der Waals surface area contributed by atoms with Crippen LogP contribution in [0.25, 0.3) is 0 Å². The Morgan fingerprint density at radius 2 is 2.10 bits per heavy atom. The number of nitrogens with zero attached hydrogens (tertiary/aromatic N) is 1. The summed E-state index contributed by atoms with van der Waals surface area (Å²) in [7, 11) is -0.879. The second-order valence-corrected chi connectivity index (χ2v) is 5.80. The van der Waals surface area contributed by atoms with Crippen molar-refractivity contribution in [2.24, 2.45) is 5.73 Å². The molecule has 1 aromatic heterocycles. The van der Waals surface area contributed by atoms with Crippen molar-refractivity contribution in [3.05, 3.63) is 30.1 Å². The quantitative estimate of drug-likeness (QED) is 0.722. The summed E-state index contributed by atoms with van der Waals surface area (Å²) in [5, 5.41) is 6.20. The Bertz CT molecular complexity index is 688. The van der Waals surface area contributed by atoms with Gasteiger partial charge in [0, 0.05) is 24.4 Å². The van der Waals surface area contributed by atoms with E-state index < -0.39 is 10.0 Å². The van der Waals surface area contributed by atoms with E-state index in [-0.39, 0.29) is 11.4 Å². The van der Waals surface area contributed by atoms with Crippen molar-refractivity contribution in [1.82, 2.24) is 10.2 Å². The molecular formula is C12H16N4O4S. The second kappa shape index (κ2) is 6.02. The Morgan fingerprint density at radius 3 is 2.62 bits per heavy atom. The zero-order valence-electron chi connectivity index (χ0n) is 11.6. The van der Waals surface area contributed by atoms with E-state index in [1.54, 1.807) is 0 Å². The molecule has 0 bridgehead atoms. The molecule has 1 heterocycles. The first-order valence-corrected chi connectivity index (χ1v) is 7.46. The summed E-state index contributed by atoms with van der Waals surface area (Å²) in [5.41, 5.74) is 6.50. The zero-order chi connectivity index (χ0) is 15.5. The van der Waals surface area contributed by atoms with Crippen LogP contribution in [0.5, 0.6) is 11.5 Å². The second-order valence-electron chi connectivity index (χ2n) is 4.11. The summed E-state index contributed by atoms with van der Waals surface area (Å²) < 4.78 is 37.4. The van der Waals surface area contributed by atoms with Gasteiger partial charge in [-0.3, -0.25) is 9.82 Å². The molecule has 0 fully saturated rings. The fraction of sp³-hybridized carbons (Fsp3) is 0.250. The Hall–Kier alpha value is -2.26. The van der Waals surface area contributed by atoms with Crippen molar-refractivity contribution in [2.75, 3.05) is 18.9 Å². The maximum Gasteiger partial charge on any atom is 0.262 e. The normalized spacial score (nSPS) is 11.2. The average Bonchev–Trinajstić information content (AvgIpc) is 2.97. The molecule has 0 saturated carbocycles. The summed E-state index contributed by atoms with van der Waals surface area (Å²) in [6.45, 7) is 0.120. The van der Waals surface area contributed by atoms with Gasteiger partial charge in [0.2, 0.25) is 0 Å². The van der Waals surface area contributed by atoms with Crippen LogP contribution in [0.15, 0.2) is 29.4 Å². The van der Waals surface area contributed by atoms with Crippen molar-refractivity contribution >= 4 is 15.7 Å². The molecule has 0 spiro atoms. The predicted octanol–water partition coefficient (Wildman–Crippen LogP) is 0.686. The average molecular weight is 312 g/mol. The van der Waals surface area contributed by atoms with Crippen molar-refractivity contribution in [3.8, 4) is 11.5 Å². The minimum atomic E-state index is -3.77. The number of hydrogen-bond acceptors (Lipinski definition) is 6. The Balaban J connectivity index is 2.48. The van der Waals surface area contributed by atoms with Gasteiger partial charge in [0.05, 0.1) is 31.0 Å². The number of hydrogen-bond donors (Lipinski definition) is 3. The highest BCUT2D eigenvalue weighted by Crippen LogP contribution is 2.34. The minimum Gasteiger partial charge on any atom is -0.493 e. The summed E-state index contributed by atoms with van der Waals surface area (Å²) in [6.07, 6.45) is 2.80. The molecule has 2 rings (SSSR count). The largest absolute Gasteiger partial charge is 0.493 e. The lowest BCUT2D eigenvalue weighted by Crippen LogP contribution is -2.14. The number of anilines is 1. The molecule has 21 heavy (non-hydrogen) atoms. The topological polar surface area (TPSA) is 119 Å². The predicted molar refractivity (Wildman–Crippen MR) is 76.8 cm³/mol. The van der Waals surface area contributed by atoms with Crippen LogP contribution in [0.2, 0.25) is 0 Å². The molecule has 0 atom stereocenters. The number of nitrogens with two attached hydrogens (primary N) is 1. The Kier molecular flexibility index (Phi) is 4.34. The number of benzene rings is 1. The van der Waals surface area contributed by atoms with Gasteiger partial charge in [0.25, 0.3) is 10.0 Å². The van der Waals surface area contributed by atoms with Crippen molar-refractivity contribution in [3.63, 3.8) is 0 Å². The number of methoxy groups -OCH3 is 2. The van der Waals surface area contributed by atoms with Crippen LogP contribution in [0.4, 0.5) is 5.69 Å². The first-order valence-electron chi connectivity index (χ1n) is 5.98. The number of H-pyrrole nitrogens is 1. The molecule has 0 radical (unpaired) electrons. The van der Waals surface area contributed by atoms with Crippen molar-refractivity contribution < 1.29 is 17.9 Å². The van der Waals surface area contributed by atoms with Crippen LogP contribution in [0, 0.1) is 0 Å². The molecule has 9 heteroatoms. The lowest BCUT2D eigenvalue weighted by atomic mass is 10.2. The molecule has 1 aromatic carbocycles. The van der Waals surface area contributed by atoms with E-state index in [0.717, 1.165) is 0 Å². The number of aromatic nitrogens is 2. The van der Waals surface area contributed by atoms with E-state index in [1.807, 2.05) is 0 Å². The van der Waals surface area contributed by atoms with E-state index >= 15 is 0 Å². The fourth-order valence-electron chi connectivity index (χ4n) is 1.84. The Morgan fingerprint density at radius 1 is 1.33 bits per heavy atom. The minimum absolute atomic E-state index is 0.0294. The van der Waals surface area contributed by atoms with Gasteiger partial charge < -0.3 is 15.2 Å². The fourth-order valence-corrected chi connectivity index (χ4v) is 2.94. The standard InChI is InChI=1S/C12H16N4O4S/c1-19-11-4-10(3-8(5-13)12(11)20-2)21(17,18)16-9-6-14-15-7-9/h3-4,6-7,16H,5,13H2,1-2H3,(H,14,15). The third-order valence-electron chi connectivity index (χ3n) is 2.81. The van der Waals surface area contributed by atoms with Gasteiger partial charge in [-0.25, -0.2) is 8.42 Å². The molecule has 0 aliphatic rings. The molecule has 0 saturated heterocycles. The van der Waals surface area contributed by atoms with Crippen LogP contribution in [0.1, 0.15) is 5.56 Å². The highest BCUT2D eigenvalue weighted by molar-refractivity contribution is 7.92. The van der Waals surface area contributed by atoms with E-state index in [2.05, 4.69) is 14.9 Å². The number of rotatable bonds is 6. The molecular weight excluding hydrogens is 296 g/mol. The summed E-state index contributed by atoms with van der Waals surface area (Å²) in [5.74, 6) is 0.718. The molecule has 8 nitrogen and oxygen atoms in total. The van der Waals surface area contributed by atoms with Crippen LogP contribution >= 0.6 is 0 Å². The van der Waals surface area contributed by atoms with E-state index in [9.17, 15) is 8.42 Å². The van der Waals surface area contributed by atoms with Gasteiger partial charge in [-0.15, -0.1) is 0 Å². The zero-order valence-corrected chi connectivity index (χ0v) is 12.4. The number of nitrogens with one attached hydrogen (secondary N) is 2. The lowest BCUT2D eigenvalue weighted by molar-refractivity contribution is 0.350. The third-order valence-corrected chi connectivity index (χ3v) is 4.17. The van der Waals surface area contributed by atoms with Crippen molar-refractivity contribution in [1.29, 1.82) is 0 Å². The summed E-state index contributed by atoms with van der Waals surface area (Å²) in [6, 6.07) is 2.82. The highest BCUT2D eigenvalue weighted by atomic mass is 32.2. The van der Waals surface area contributed by atoms with Gasteiger partial charge in [-0.05, 0) is 6.07 Å². The molecule has 0 unspecified atom stereocenters. The molecule has 4 N–H and O–H groups in total. The van der Waals surface area contributed by atoms with E-state index in [1.165, 1.54) is 38.7 Å². The van der Waals surface area contributed by atoms with Crippen LogP contribution in [-0.2, 0) is 16.6 Å². The highest BCUT2D eigenvalue weighted by Gasteiger charge is 2.20. The van der Waals surface area contributed by atoms with Gasteiger partial charge >= 0.3 is 0 Å². The lowest BCUT2D eigenvalue weighted by Gasteiger charge is -2.14. The third kappa shape index (κ3) is 3.09. The molecule has 0 aliphatic heterocycles. The summed E-state index contributed by atoms with van der Waals surface area (Å²) >= 11 is 0. The SMILES string of the molecule is COc1cc(S(=O)(=O)Nc2cn[nH]c2)cc(CN)c1OC. The number of ether oxygens (including phenoxy) is 2. The number of aromatic amines is 1.